The number of hydrogen-bond donors (Lipinski definition) is 0. The second kappa shape index (κ2) is 9.36. The lowest BCUT2D eigenvalue weighted by atomic mass is 10.1. The molecular formula is C22H21ClN2O6. The summed E-state index contributed by atoms with van der Waals surface area (Å²) in [5.74, 6) is 0.755. The first kappa shape index (κ1) is 21.1. The Kier molecular flexibility index (Phi) is 6.39. The highest BCUT2D eigenvalue weighted by atomic mass is 35.5. The Hall–Kier alpha value is -3.10. The van der Waals surface area contributed by atoms with Gasteiger partial charge in [-0.3, -0.25) is 4.79 Å². The molecule has 0 N–H and O–H groups in total. The van der Waals surface area contributed by atoms with Crippen molar-refractivity contribution in [3.05, 3.63) is 63.7 Å². The topological polar surface area (TPSA) is 91.1 Å². The first-order valence-electron chi connectivity index (χ1n) is 9.79. The molecule has 8 nitrogen and oxygen atoms in total. The van der Waals surface area contributed by atoms with E-state index in [0.717, 1.165) is 10.9 Å². The third kappa shape index (κ3) is 5.15. The summed E-state index contributed by atoms with van der Waals surface area (Å²) in [5, 5.41) is 1.10. The Morgan fingerprint density at radius 3 is 3.00 bits per heavy atom. The molecule has 1 fully saturated rings. The summed E-state index contributed by atoms with van der Waals surface area (Å²) in [4.78, 5) is 29.8. The van der Waals surface area contributed by atoms with Crippen molar-refractivity contribution in [2.75, 3.05) is 32.9 Å². The number of benzene rings is 1. The first-order chi connectivity index (χ1) is 15.0. The molecule has 31 heavy (non-hydrogen) atoms. The summed E-state index contributed by atoms with van der Waals surface area (Å²) < 4.78 is 22.2. The molecule has 1 unspecified atom stereocenters. The van der Waals surface area contributed by atoms with Crippen LogP contribution < -0.4 is 15.1 Å². The van der Waals surface area contributed by atoms with Gasteiger partial charge in [0.1, 0.15) is 24.0 Å². The van der Waals surface area contributed by atoms with Crippen LogP contribution in [-0.4, -0.2) is 54.8 Å². The molecule has 0 bridgehead atoms. The number of carbonyl (C=O) groups is 1. The molecule has 0 saturated carbocycles. The van der Waals surface area contributed by atoms with E-state index in [9.17, 15) is 9.59 Å². The minimum absolute atomic E-state index is 0.135. The lowest BCUT2D eigenvalue weighted by Gasteiger charge is -2.32. The van der Waals surface area contributed by atoms with Crippen molar-refractivity contribution in [1.82, 2.24) is 9.88 Å². The minimum atomic E-state index is -0.424. The molecule has 1 saturated heterocycles. The molecule has 9 heteroatoms. The minimum Gasteiger partial charge on any atom is -0.488 e. The van der Waals surface area contributed by atoms with Crippen molar-refractivity contribution in [3.63, 3.8) is 0 Å². The zero-order valence-corrected chi connectivity index (χ0v) is 17.6. The molecule has 0 spiro atoms. The van der Waals surface area contributed by atoms with Crippen molar-refractivity contribution in [2.45, 2.75) is 13.0 Å². The first-order valence-corrected chi connectivity index (χ1v) is 10.2. The van der Waals surface area contributed by atoms with Crippen LogP contribution in [0.15, 0.2) is 51.8 Å². The number of aromatic nitrogens is 1. The number of pyridine rings is 1. The Morgan fingerprint density at radius 1 is 1.29 bits per heavy atom. The van der Waals surface area contributed by atoms with Gasteiger partial charge in [0, 0.05) is 30.3 Å². The summed E-state index contributed by atoms with van der Waals surface area (Å²) in [7, 11) is 0. The van der Waals surface area contributed by atoms with Crippen molar-refractivity contribution in [2.24, 2.45) is 0 Å². The Labute approximate surface area is 183 Å². The van der Waals surface area contributed by atoms with Crippen molar-refractivity contribution in [3.8, 4) is 11.5 Å². The lowest BCUT2D eigenvalue weighted by Crippen LogP contribution is -2.49. The molecule has 3 heterocycles. The Morgan fingerprint density at radius 2 is 2.16 bits per heavy atom. The van der Waals surface area contributed by atoms with Gasteiger partial charge >= 0.3 is 5.63 Å². The van der Waals surface area contributed by atoms with Gasteiger partial charge in [0.05, 0.1) is 13.2 Å². The zero-order valence-electron chi connectivity index (χ0n) is 16.9. The number of halogens is 1. The highest BCUT2D eigenvalue weighted by molar-refractivity contribution is 6.30. The number of hydrogen-bond acceptors (Lipinski definition) is 7. The van der Waals surface area contributed by atoms with E-state index in [1.807, 2.05) is 6.92 Å². The standard InChI is InChI=1S/C22H21ClN2O6/c1-14-9-21(27)31-19-10-15(4-5-17(14)19)29-13-20(26)25-7-8-28-16(11-25)12-30-18-3-2-6-24-22(18)23/h2-6,9-10,16H,7-8,11-13H2,1H3. The predicted octanol–water partition coefficient (Wildman–Crippen LogP) is 2.84. The average Bonchev–Trinajstić information content (AvgIpc) is 2.76. The van der Waals surface area contributed by atoms with Gasteiger partial charge in [0.25, 0.3) is 5.91 Å². The maximum absolute atomic E-state index is 12.6. The van der Waals surface area contributed by atoms with Crippen LogP contribution in [0.25, 0.3) is 11.0 Å². The van der Waals surface area contributed by atoms with Crippen molar-refractivity contribution < 1.29 is 23.4 Å². The number of nitrogens with zero attached hydrogens (tertiary/aromatic N) is 2. The van der Waals surface area contributed by atoms with Crippen molar-refractivity contribution >= 4 is 28.5 Å². The molecule has 0 aliphatic carbocycles. The van der Waals surface area contributed by atoms with Crippen LogP contribution in [-0.2, 0) is 9.53 Å². The van der Waals surface area contributed by atoms with E-state index in [-0.39, 0.29) is 30.4 Å². The Bertz CT molecular complexity index is 1150. The number of ether oxygens (including phenoxy) is 3. The van der Waals surface area contributed by atoms with Gasteiger partial charge in [0.15, 0.2) is 17.5 Å². The summed E-state index contributed by atoms with van der Waals surface area (Å²) in [6.07, 6.45) is 1.30. The van der Waals surface area contributed by atoms with E-state index >= 15 is 0 Å². The smallest absolute Gasteiger partial charge is 0.336 e. The largest absolute Gasteiger partial charge is 0.488 e. The normalized spacial score (nSPS) is 16.3. The summed E-state index contributed by atoms with van der Waals surface area (Å²) >= 11 is 5.99. The van der Waals surface area contributed by atoms with Crippen LogP contribution in [0.4, 0.5) is 0 Å². The monoisotopic (exact) mass is 444 g/mol. The third-order valence-electron chi connectivity index (χ3n) is 4.93. The highest BCUT2D eigenvalue weighted by Crippen LogP contribution is 2.23. The van der Waals surface area contributed by atoms with E-state index in [1.165, 1.54) is 6.07 Å². The van der Waals surface area contributed by atoms with E-state index in [4.69, 9.17) is 30.2 Å². The van der Waals surface area contributed by atoms with Gasteiger partial charge in [-0.15, -0.1) is 0 Å². The summed E-state index contributed by atoms with van der Waals surface area (Å²) in [6, 6.07) is 10.1. The fraction of sp³-hybridized carbons (Fsp3) is 0.318. The number of carbonyl (C=O) groups excluding carboxylic acids is 1. The SMILES string of the molecule is Cc1cc(=O)oc2cc(OCC(=O)N3CCOC(COc4cccnc4Cl)C3)ccc12. The molecule has 2 aromatic heterocycles. The summed E-state index contributed by atoms with van der Waals surface area (Å²) in [5.41, 5.74) is 0.822. The van der Waals surface area contributed by atoms with Crippen LogP contribution >= 0.6 is 11.6 Å². The molecule has 162 valence electrons. The quantitative estimate of drug-likeness (QED) is 0.426. The van der Waals surface area contributed by atoms with Crippen LogP contribution in [0.3, 0.4) is 0 Å². The molecule has 1 amide bonds. The number of aryl methyl sites for hydroxylation is 1. The molecule has 1 atom stereocenters. The van der Waals surface area contributed by atoms with Gasteiger partial charge in [0.2, 0.25) is 0 Å². The number of rotatable bonds is 6. The number of morpholine rings is 1. The number of fused-ring (bicyclic) bond motifs is 1. The average molecular weight is 445 g/mol. The molecule has 1 aliphatic heterocycles. The molecular weight excluding hydrogens is 424 g/mol. The van der Waals surface area contributed by atoms with Crippen LogP contribution in [0.2, 0.25) is 5.15 Å². The van der Waals surface area contributed by atoms with Gasteiger partial charge < -0.3 is 23.5 Å². The van der Waals surface area contributed by atoms with Gasteiger partial charge in [-0.1, -0.05) is 11.6 Å². The van der Waals surface area contributed by atoms with Gasteiger partial charge in [-0.25, -0.2) is 9.78 Å². The van der Waals surface area contributed by atoms with E-state index in [0.29, 0.717) is 36.8 Å². The van der Waals surface area contributed by atoms with Gasteiger partial charge in [-0.05, 0) is 36.8 Å². The highest BCUT2D eigenvalue weighted by Gasteiger charge is 2.25. The fourth-order valence-electron chi connectivity index (χ4n) is 3.34. The molecule has 0 radical (unpaired) electrons. The second-order valence-electron chi connectivity index (χ2n) is 7.13. The van der Waals surface area contributed by atoms with Gasteiger partial charge in [-0.2, -0.15) is 0 Å². The Balaban J connectivity index is 1.32. The fourth-order valence-corrected chi connectivity index (χ4v) is 3.51. The lowest BCUT2D eigenvalue weighted by molar-refractivity contribution is -0.142. The zero-order chi connectivity index (χ0) is 21.8. The van der Waals surface area contributed by atoms with E-state index in [1.54, 1.807) is 41.4 Å². The van der Waals surface area contributed by atoms with E-state index in [2.05, 4.69) is 4.98 Å². The van der Waals surface area contributed by atoms with Crippen LogP contribution in [0.5, 0.6) is 11.5 Å². The molecule has 1 aliphatic rings. The maximum atomic E-state index is 12.6. The molecule has 4 rings (SSSR count). The summed E-state index contributed by atoms with van der Waals surface area (Å²) in [6.45, 7) is 3.21. The predicted molar refractivity (Wildman–Crippen MR) is 114 cm³/mol. The molecule has 3 aromatic rings. The van der Waals surface area contributed by atoms with Crippen LogP contribution in [0, 0.1) is 6.92 Å². The van der Waals surface area contributed by atoms with E-state index < -0.39 is 5.63 Å². The van der Waals surface area contributed by atoms with Crippen molar-refractivity contribution in [1.29, 1.82) is 0 Å². The number of amides is 1. The maximum Gasteiger partial charge on any atom is 0.336 e. The second-order valence-corrected chi connectivity index (χ2v) is 7.49. The molecule has 1 aromatic carbocycles. The van der Waals surface area contributed by atoms with Crippen LogP contribution in [0.1, 0.15) is 5.56 Å². The third-order valence-corrected chi connectivity index (χ3v) is 5.21.